The molecule has 0 aliphatic heterocycles. The Balaban J connectivity index is 2.54. The number of carbonyl (C=O) groups is 4. The molecule has 0 unspecified atom stereocenters. The van der Waals surface area contributed by atoms with Gasteiger partial charge in [-0.15, -0.1) is 0 Å². The maximum Gasteiger partial charge on any atom is 0.374 e. The third-order valence-corrected chi connectivity index (χ3v) is 2.22. The quantitative estimate of drug-likeness (QED) is 0.324. The summed E-state index contributed by atoms with van der Waals surface area (Å²) in [4.78, 5) is 44.9. The van der Waals surface area contributed by atoms with E-state index in [1.807, 2.05) is 0 Å². The first kappa shape index (κ1) is 13.8. The molecule has 5 heteroatoms. The van der Waals surface area contributed by atoms with Crippen LogP contribution >= 0.6 is 0 Å². The summed E-state index contributed by atoms with van der Waals surface area (Å²) in [6.45, 7) is 0. The number of benzene rings is 1. The predicted molar refractivity (Wildman–Crippen MR) is 62.0 cm³/mol. The number of ether oxygens (including phenoxy) is 1. The minimum Gasteiger partial charge on any atom is -0.463 e. The van der Waals surface area contributed by atoms with Gasteiger partial charge < -0.3 is 4.74 Å². The summed E-state index contributed by atoms with van der Waals surface area (Å²) in [7, 11) is 1.06. The van der Waals surface area contributed by atoms with Crippen molar-refractivity contribution in [1.82, 2.24) is 0 Å². The van der Waals surface area contributed by atoms with Crippen LogP contribution < -0.4 is 0 Å². The third-order valence-electron chi connectivity index (χ3n) is 2.22. The number of esters is 1. The van der Waals surface area contributed by atoms with E-state index < -0.39 is 30.4 Å². The summed E-state index contributed by atoms with van der Waals surface area (Å²) >= 11 is 0. The lowest BCUT2D eigenvalue weighted by Gasteiger charge is -2.00. The second-order valence-corrected chi connectivity index (χ2v) is 3.60. The molecule has 0 amide bonds. The lowest BCUT2D eigenvalue weighted by Crippen LogP contribution is -2.20. The summed E-state index contributed by atoms with van der Waals surface area (Å²) in [6.07, 6.45) is -1.00. The van der Waals surface area contributed by atoms with Gasteiger partial charge in [0.1, 0.15) is 5.78 Å². The Kier molecular flexibility index (Phi) is 4.92. The SMILES string of the molecule is COC(=O)C(=O)CC(=O)CC(=O)c1ccccc1. The van der Waals surface area contributed by atoms with Crippen LogP contribution in [0.2, 0.25) is 0 Å². The van der Waals surface area contributed by atoms with Gasteiger partial charge in [-0.25, -0.2) is 4.79 Å². The standard InChI is InChI=1S/C13H12O5/c1-18-13(17)12(16)8-10(14)7-11(15)9-5-3-2-4-6-9/h2-6H,7-8H2,1H3. The van der Waals surface area contributed by atoms with Crippen molar-refractivity contribution >= 4 is 23.3 Å². The van der Waals surface area contributed by atoms with Crippen molar-refractivity contribution < 1.29 is 23.9 Å². The fraction of sp³-hybridized carbons (Fsp3) is 0.231. The summed E-state index contributed by atoms with van der Waals surface area (Å²) in [5, 5.41) is 0. The van der Waals surface area contributed by atoms with Crippen LogP contribution in [0.5, 0.6) is 0 Å². The van der Waals surface area contributed by atoms with E-state index in [1.54, 1.807) is 30.3 Å². The average molecular weight is 248 g/mol. The largest absolute Gasteiger partial charge is 0.463 e. The first-order chi connectivity index (χ1) is 8.54. The van der Waals surface area contributed by atoms with Crippen molar-refractivity contribution in [3.05, 3.63) is 35.9 Å². The minimum absolute atomic E-state index is 0.377. The molecule has 0 spiro atoms. The highest BCUT2D eigenvalue weighted by atomic mass is 16.5. The van der Waals surface area contributed by atoms with Crippen LogP contribution in [0, 0.1) is 0 Å². The Bertz CT molecular complexity index is 475. The predicted octanol–water partition coefficient (Wildman–Crippen LogP) is 0.961. The number of carbonyl (C=O) groups excluding carboxylic acids is 4. The molecule has 0 atom stereocenters. The number of hydrogen-bond donors (Lipinski definition) is 0. The molecular formula is C13H12O5. The molecule has 0 fully saturated rings. The van der Waals surface area contributed by atoms with Gasteiger partial charge in [0.15, 0.2) is 5.78 Å². The van der Waals surface area contributed by atoms with Crippen molar-refractivity contribution in [3.8, 4) is 0 Å². The number of Topliss-reactive ketones (excluding diaryl/α,β-unsaturated/α-hetero) is 3. The molecule has 18 heavy (non-hydrogen) atoms. The van der Waals surface area contributed by atoms with E-state index in [0.717, 1.165) is 7.11 Å². The van der Waals surface area contributed by atoms with Gasteiger partial charge in [-0.2, -0.15) is 0 Å². The molecule has 1 aromatic rings. The number of hydrogen-bond acceptors (Lipinski definition) is 5. The van der Waals surface area contributed by atoms with Crippen molar-refractivity contribution in [2.24, 2.45) is 0 Å². The van der Waals surface area contributed by atoms with Gasteiger partial charge >= 0.3 is 5.97 Å². The Morgan fingerprint density at radius 3 is 2.17 bits per heavy atom. The van der Waals surface area contributed by atoms with Crippen LogP contribution in [0.25, 0.3) is 0 Å². The normalized spacial score (nSPS) is 9.61. The van der Waals surface area contributed by atoms with Crippen molar-refractivity contribution in [1.29, 1.82) is 0 Å². The lowest BCUT2D eigenvalue weighted by atomic mass is 10.0. The van der Waals surface area contributed by atoms with E-state index in [0.29, 0.717) is 5.56 Å². The Labute approximate surface area is 104 Å². The van der Waals surface area contributed by atoms with Gasteiger partial charge in [0.25, 0.3) is 0 Å². The highest BCUT2D eigenvalue weighted by Gasteiger charge is 2.20. The summed E-state index contributed by atoms with van der Waals surface area (Å²) < 4.78 is 4.18. The van der Waals surface area contributed by atoms with Gasteiger partial charge in [0.2, 0.25) is 5.78 Å². The van der Waals surface area contributed by atoms with Crippen LogP contribution in [-0.2, 0) is 19.1 Å². The zero-order chi connectivity index (χ0) is 13.5. The molecule has 0 aromatic heterocycles. The number of ketones is 3. The fourth-order valence-electron chi connectivity index (χ4n) is 1.33. The van der Waals surface area contributed by atoms with Gasteiger partial charge in [-0.05, 0) is 0 Å². The molecule has 1 aromatic carbocycles. The first-order valence-corrected chi connectivity index (χ1v) is 5.25. The van der Waals surface area contributed by atoms with Gasteiger partial charge in [0.05, 0.1) is 20.0 Å². The highest BCUT2D eigenvalue weighted by Crippen LogP contribution is 2.05. The van der Waals surface area contributed by atoms with Crippen LogP contribution in [-0.4, -0.2) is 30.4 Å². The fourth-order valence-corrected chi connectivity index (χ4v) is 1.33. The summed E-state index contributed by atoms with van der Waals surface area (Å²) in [5.41, 5.74) is 0.399. The summed E-state index contributed by atoms with van der Waals surface area (Å²) in [6, 6.07) is 8.27. The van der Waals surface area contributed by atoms with Crippen LogP contribution in [0.4, 0.5) is 0 Å². The molecule has 0 bridgehead atoms. The van der Waals surface area contributed by atoms with Crippen molar-refractivity contribution in [2.45, 2.75) is 12.8 Å². The van der Waals surface area contributed by atoms with E-state index in [2.05, 4.69) is 4.74 Å². The smallest absolute Gasteiger partial charge is 0.374 e. The second kappa shape index (κ2) is 6.44. The maximum absolute atomic E-state index is 11.6. The lowest BCUT2D eigenvalue weighted by molar-refractivity contribution is -0.152. The molecule has 0 aliphatic carbocycles. The third kappa shape index (κ3) is 3.93. The van der Waals surface area contributed by atoms with Gasteiger partial charge in [0, 0.05) is 5.56 Å². The Hall–Kier alpha value is -2.30. The maximum atomic E-state index is 11.6. The van der Waals surface area contributed by atoms with Crippen LogP contribution in [0.15, 0.2) is 30.3 Å². The van der Waals surface area contributed by atoms with Crippen molar-refractivity contribution in [3.63, 3.8) is 0 Å². The van der Waals surface area contributed by atoms with E-state index in [-0.39, 0.29) is 5.78 Å². The van der Waals surface area contributed by atoms with Gasteiger partial charge in [-0.1, -0.05) is 30.3 Å². The molecule has 0 heterocycles. The van der Waals surface area contributed by atoms with Crippen LogP contribution in [0.1, 0.15) is 23.2 Å². The average Bonchev–Trinajstić information content (AvgIpc) is 2.38. The molecule has 0 saturated carbocycles. The molecular weight excluding hydrogens is 236 g/mol. The van der Waals surface area contributed by atoms with E-state index >= 15 is 0 Å². The van der Waals surface area contributed by atoms with Crippen LogP contribution in [0.3, 0.4) is 0 Å². The van der Waals surface area contributed by atoms with E-state index in [1.165, 1.54) is 0 Å². The zero-order valence-corrected chi connectivity index (χ0v) is 9.84. The second-order valence-electron chi connectivity index (χ2n) is 3.60. The summed E-state index contributed by atoms with van der Waals surface area (Å²) in [5.74, 6) is -2.99. The molecule has 1 rings (SSSR count). The molecule has 0 radical (unpaired) electrons. The van der Waals surface area contributed by atoms with Crippen molar-refractivity contribution in [2.75, 3.05) is 7.11 Å². The molecule has 0 aliphatic rings. The Morgan fingerprint density at radius 2 is 1.61 bits per heavy atom. The highest BCUT2D eigenvalue weighted by molar-refractivity contribution is 6.37. The molecule has 5 nitrogen and oxygen atoms in total. The zero-order valence-electron chi connectivity index (χ0n) is 9.84. The van der Waals surface area contributed by atoms with Gasteiger partial charge in [-0.3, -0.25) is 14.4 Å². The number of rotatable bonds is 6. The topological polar surface area (TPSA) is 77.5 Å². The molecule has 0 saturated heterocycles. The van der Waals surface area contributed by atoms with E-state index in [9.17, 15) is 19.2 Å². The Morgan fingerprint density at radius 1 is 1.00 bits per heavy atom. The minimum atomic E-state index is -1.07. The molecule has 94 valence electrons. The first-order valence-electron chi connectivity index (χ1n) is 5.25. The number of methoxy groups -OCH3 is 1. The van der Waals surface area contributed by atoms with E-state index in [4.69, 9.17) is 0 Å². The monoisotopic (exact) mass is 248 g/mol. The molecule has 0 N–H and O–H groups in total.